The first-order chi connectivity index (χ1) is 7.16. The normalized spacial score (nSPS) is 10.3. The fourth-order valence-corrected chi connectivity index (χ4v) is 1.69. The standard InChI is InChI=1S/C9H4Cl3N3/c10-5-1-2-6(7(11)3-5)9-14-8(12)4-13-15-9/h1-4H. The average molecular weight is 261 g/mol. The molecule has 0 aliphatic rings. The van der Waals surface area contributed by atoms with Crippen LogP contribution in [0, 0.1) is 0 Å². The highest BCUT2D eigenvalue weighted by molar-refractivity contribution is 6.36. The second-order valence-electron chi connectivity index (χ2n) is 2.73. The molecule has 1 heterocycles. The molecule has 15 heavy (non-hydrogen) atoms. The van der Waals surface area contributed by atoms with Gasteiger partial charge in [0.25, 0.3) is 0 Å². The zero-order valence-corrected chi connectivity index (χ0v) is 9.55. The predicted octanol–water partition coefficient (Wildman–Crippen LogP) is 3.50. The van der Waals surface area contributed by atoms with Crippen molar-refractivity contribution in [2.24, 2.45) is 0 Å². The van der Waals surface area contributed by atoms with Gasteiger partial charge in [-0.25, -0.2) is 4.98 Å². The van der Waals surface area contributed by atoms with E-state index in [2.05, 4.69) is 15.2 Å². The van der Waals surface area contributed by atoms with E-state index in [1.807, 2.05) is 0 Å². The molecule has 0 saturated carbocycles. The number of benzene rings is 1. The van der Waals surface area contributed by atoms with Crippen LogP contribution in [0.25, 0.3) is 11.4 Å². The van der Waals surface area contributed by atoms with Gasteiger partial charge >= 0.3 is 0 Å². The van der Waals surface area contributed by atoms with E-state index < -0.39 is 0 Å². The van der Waals surface area contributed by atoms with Gasteiger partial charge in [0.1, 0.15) is 0 Å². The van der Waals surface area contributed by atoms with Crippen LogP contribution in [0.1, 0.15) is 0 Å². The lowest BCUT2D eigenvalue weighted by Gasteiger charge is -2.02. The van der Waals surface area contributed by atoms with Crippen LogP contribution < -0.4 is 0 Å². The Morgan fingerprint density at radius 2 is 1.87 bits per heavy atom. The van der Waals surface area contributed by atoms with Crippen molar-refractivity contribution in [3.05, 3.63) is 39.6 Å². The van der Waals surface area contributed by atoms with Crippen molar-refractivity contribution in [3.63, 3.8) is 0 Å². The highest BCUT2D eigenvalue weighted by Crippen LogP contribution is 2.27. The number of rotatable bonds is 1. The van der Waals surface area contributed by atoms with Gasteiger partial charge in [0.15, 0.2) is 11.0 Å². The Hall–Kier alpha value is -0.900. The third-order valence-electron chi connectivity index (χ3n) is 1.70. The number of nitrogens with zero attached hydrogens (tertiary/aromatic N) is 3. The Morgan fingerprint density at radius 3 is 2.53 bits per heavy atom. The van der Waals surface area contributed by atoms with Gasteiger partial charge in [-0.3, -0.25) is 0 Å². The largest absolute Gasteiger partial charge is 0.213 e. The Balaban J connectivity index is 2.54. The minimum atomic E-state index is 0.269. The van der Waals surface area contributed by atoms with Crippen LogP contribution in [-0.4, -0.2) is 15.2 Å². The summed E-state index contributed by atoms with van der Waals surface area (Å²) in [6, 6.07) is 5.04. The van der Waals surface area contributed by atoms with Gasteiger partial charge in [-0.15, -0.1) is 5.10 Å². The molecule has 76 valence electrons. The molecule has 2 rings (SSSR count). The highest BCUT2D eigenvalue weighted by Gasteiger charge is 2.07. The monoisotopic (exact) mass is 259 g/mol. The summed E-state index contributed by atoms with van der Waals surface area (Å²) in [5.41, 5.74) is 0.649. The molecule has 0 saturated heterocycles. The molecule has 0 aliphatic heterocycles. The summed E-state index contributed by atoms with van der Waals surface area (Å²) >= 11 is 17.4. The van der Waals surface area contributed by atoms with E-state index in [4.69, 9.17) is 34.8 Å². The summed E-state index contributed by atoms with van der Waals surface area (Å²) < 4.78 is 0. The van der Waals surface area contributed by atoms with E-state index in [1.165, 1.54) is 6.20 Å². The second kappa shape index (κ2) is 4.31. The van der Waals surface area contributed by atoms with Crippen LogP contribution in [-0.2, 0) is 0 Å². The second-order valence-corrected chi connectivity index (χ2v) is 3.96. The van der Waals surface area contributed by atoms with E-state index in [0.29, 0.717) is 21.4 Å². The third-order valence-corrected chi connectivity index (χ3v) is 2.43. The summed E-state index contributed by atoms with van der Waals surface area (Å²) in [6.45, 7) is 0. The third kappa shape index (κ3) is 2.37. The number of aromatic nitrogens is 3. The van der Waals surface area contributed by atoms with Gasteiger partial charge in [0.05, 0.1) is 11.2 Å². The zero-order chi connectivity index (χ0) is 10.8. The van der Waals surface area contributed by atoms with E-state index in [9.17, 15) is 0 Å². The number of hydrogen-bond donors (Lipinski definition) is 0. The molecule has 0 aliphatic carbocycles. The Bertz CT molecular complexity index is 502. The molecule has 0 N–H and O–H groups in total. The van der Waals surface area contributed by atoms with Crippen LogP contribution >= 0.6 is 34.8 Å². The molecular weight excluding hydrogens is 256 g/mol. The summed E-state index contributed by atoms with van der Waals surface area (Å²) in [4.78, 5) is 4.00. The van der Waals surface area contributed by atoms with Gasteiger partial charge in [-0.1, -0.05) is 34.8 Å². The Kier molecular flexibility index (Phi) is 3.05. The Labute approximate surface area is 101 Å². The molecule has 1 aromatic carbocycles. The SMILES string of the molecule is Clc1ccc(-c2nncc(Cl)n2)c(Cl)c1. The molecule has 0 amide bonds. The smallest absolute Gasteiger partial charge is 0.184 e. The lowest BCUT2D eigenvalue weighted by Crippen LogP contribution is -1.92. The molecule has 0 fully saturated rings. The van der Waals surface area contributed by atoms with E-state index in [0.717, 1.165) is 0 Å². The molecule has 0 atom stereocenters. The molecule has 0 unspecified atom stereocenters. The van der Waals surface area contributed by atoms with Gasteiger partial charge in [0.2, 0.25) is 0 Å². The minimum Gasteiger partial charge on any atom is -0.213 e. The van der Waals surface area contributed by atoms with Crippen LogP contribution in [0.2, 0.25) is 15.2 Å². The average Bonchev–Trinajstić information content (AvgIpc) is 2.17. The maximum atomic E-state index is 5.98. The minimum absolute atomic E-state index is 0.269. The molecule has 0 bridgehead atoms. The summed E-state index contributed by atoms with van der Waals surface area (Å²) in [5, 5.41) is 8.80. The maximum Gasteiger partial charge on any atom is 0.184 e. The predicted molar refractivity (Wildman–Crippen MR) is 60.3 cm³/mol. The molecule has 3 nitrogen and oxygen atoms in total. The molecule has 1 aromatic heterocycles. The lowest BCUT2D eigenvalue weighted by molar-refractivity contribution is 0.980. The van der Waals surface area contributed by atoms with Crippen molar-refractivity contribution in [1.82, 2.24) is 15.2 Å². The van der Waals surface area contributed by atoms with E-state index in [1.54, 1.807) is 18.2 Å². The summed E-state index contributed by atoms with van der Waals surface area (Å²) in [7, 11) is 0. The quantitative estimate of drug-likeness (QED) is 0.788. The molecule has 0 spiro atoms. The number of halogens is 3. The summed E-state index contributed by atoms with van der Waals surface area (Å²) in [6.07, 6.45) is 1.36. The highest BCUT2D eigenvalue weighted by atomic mass is 35.5. The molecule has 6 heteroatoms. The van der Waals surface area contributed by atoms with Gasteiger partial charge < -0.3 is 0 Å². The first kappa shape index (κ1) is 10.6. The maximum absolute atomic E-state index is 5.98. The van der Waals surface area contributed by atoms with Crippen LogP contribution in [0.15, 0.2) is 24.4 Å². The van der Waals surface area contributed by atoms with Crippen LogP contribution in [0.4, 0.5) is 0 Å². The topological polar surface area (TPSA) is 38.7 Å². The van der Waals surface area contributed by atoms with E-state index >= 15 is 0 Å². The lowest BCUT2D eigenvalue weighted by atomic mass is 10.2. The van der Waals surface area contributed by atoms with Gasteiger partial charge in [-0.2, -0.15) is 5.10 Å². The van der Waals surface area contributed by atoms with Gasteiger partial charge in [0, 0.05) is 10.6 Å². The van der Waals surface area contributed by atoms with Crippen molar-refractivity contribution in [3.8, 4) is 11.4 Å². The van der Waals surface area contributed by atoms with Crippen molar-refractivity contribution < 1.29 is 0 Å². The zero-order valence-electron chi connectivity index (χ0n) is 7.28. The van der Waals surface area contributed by atoms with Crippen molar-refractivity contribution in [1.29, 1.82) is 0 Å². The van der Waals surface area contributed by atoms with Crippen molar-refractivity contribution in [2.45, 2.75) is 0 Å². The van der Waals surface area contributed by atoms with Crippen molar-refractivity contribution >= 4 is 34.8 Å². The molecule has 0 radical (unpaired) electrons. The molecular formula is C9H4Cl3N3. The Morgan fingerprint density at radius 1 is 1.07 bits per heavy atom. The fourth-order valence-electron chi connectivity index (χ4n) is 1.07. The van der Waals surface area contributed by atoms with Crippen LogP contribution in [0.5, 0.6) is 0 Å². The summed E-state index contributed by atoms with van der Waals surface area (Å²) in [5.74, 6) is 0.379. The first-order valence-electron chi connectivity index (χ1n) is 3.97. The first-order valence-corrected chi connectivity index (χ1v) is 5.11. The number of hydrogen-bond acceptors (Lipinski definition) is 3. The van der Waals surface area contributed by atoms with Crippen LogP contribution in [0.3, 0.4) is 0 Å². The van der Waals surface area contributed by atoms with Crippen molar-refractivity contribution in [2.75, 3.05) is 0 Å². The van der Waals surface area contributed by atoms with E-state index in [-0.39, 0.29) is 5.15 Å². The van der Waals surface area contributed by atoms with Gasteiger partial charge in [-0.05, 0) is 18.2 Å². The fraction of sp³-hybridized carbons (Fsp3) is 0. The molecule has 2 aromatic rings.